The average molecular weight is 283 g/mol. The summed E-state index contributed by atoms with van der Waals surface area (Å²) >= 11 is 5.97. The van der Waals surface area contributed by atoms with Crippen molar-refractivity contribution < 1.29 is 4.79 Å². The zero-order valence-corrected chi connectivity index (χ0v) is 11.5. The van der Waals surface area contributed by atoms with Gasteiger partial charge in [0.25, 0.3) is 0 Å². The first-order chi connectivity index (χ1) is 9.00. The van der Waals surface area contributed by atoms with Gasteiger partial charge >= 0.3 is 0 Å². The summed E-state index contributed by atoms with van der Waals surface area (Å²) in [6, 6.07) is 0. The highest BCUT2D eigenvalue weighted by atomic mass is 35.5. The van der Waals surface area contributed by atoms with Gasteiger partial charge in [0.1, 0.15) is 5.52 Å². The lowest BCUT2D eigenvalue weighted by Crippen LogP contribution is -2.39. The van der Waals surface area contributed by atoms with Gasteiger partial charge in [-0.2, -0.15) is 9.97 Å². The number of aromatic amines is 1. The molecule has 2 aromatic rings. The van der Waals surface area contributed by atoms with Crippen molar-refractivity contribution in [2.24, 2.45) is 11.1 Å². The molecule has 1 atom stereocenters. The zero-order valence-electron chi connectivity index (χ0n) is 10.7. The number of hydrogen-bond acceptors (Lipinski definition) is 5. The highest BCUT2D eigenvalue weighted by Gasteiger charge is 2.30. The molecule has 0 bridgehead atoms. The highest BCUT2D eigenvalue weighted by molar-refractivity contribution is 6.33. The number of nitrogens with one attached hydrogen (secondary N) is 2. The quantitative estimate of drug-likeness (QED) is 0.733. The lowest BCUT2D eigenvalue weighted by molar-refractivity contribution is -0.124. The number of amides is 1. The largest absolute Gasteiger partial charge is 0.341 e. The van der Waals surface area contributed by atoms with E-state index in [4.69, 9.17) is 17.3 Å². The molecule has 0 aliphatic carbocycles. The number of rotatable bonds is 4. The van der Waals surface area contributed by atoms with Gasteiger partial charge in [-0.15, -0.1) is 0 Å². The minimum atomic E-state index is -0.656. The van der Waals surface area contributed by atoms with Gasteiger partial charge in [-0.1, -0.05) is 18.5 Å². The van der Waals surface area contributed by atoms with Crippen LogP contribution < -0.4 is 11.1 Å². The third-order valence-electron chi connectivity index (χ3n) is 3.25. The van der Waals surface area contributed by atoms with Gasteiger partial charge in [0.2, 0.25) is 11.9 Å². The van der Waals surface area contributed by atoms with E-state index < -0.39 is 5.41 Å². The van der Waals surface area contributed by atoms with Crippen LogP contribution in [0.5, 0.6) is 0 Å². The molecule has 19 heavy (non-hydrogen) atoms. The SMILES string of the molecule is CCC(C)(CN)C(=O)Nc1nc(Cl)c2[nH]cnc2n1. The molecule has 7 nitrogen and oxygen atoms in total. The van der Waals surface area contributed by atoms with Crippen LogP contribution in [0.15, 0.2) is 6.33 Å². The number of halogens is 1. The second-order valence-corrected chi connectivity index (χ2v) is 4.87. The lowest BCUT2D eigenvalue weighted by atomic mass is 9.87. The third-order valence-corrected chi connectivity index (χ3v) is 3.52. The molecule has 2 heterocycles. The summed E-state index contributed by atoms with van der Waals surface area (Å²) in [7, 11) is 0. The average Bonchev–Trinajstić information content (AvgIpc) is 2.86. The predicted molar refractivity (Wildman–Crippen MR) is 72.8 cm³/mol. The molecule has 2 rings (SSSR count). The Hall–Kier alpha value is -1.73. The summed E-state index contributed by atoms with van der Waals surface area (Å²) in [6.07, 6.45) is 2.08. The zero-order chi connectivity index (χ0) is 14.0. The van der Waals surface area contributed by atoms with Crippen molar-refractivity contribution in [1.82, 2.24) is 19.9 Å². The number of nitrogens with two attached hydrogens (primary N) is 1. The minimum absolute atomic E-state index is 0.128. The van der Waals surface area contributed by atoms with Crippen molar-refractivity contribution in [2.45, 2.75) is 20.3 Å². The minimum Gasteiger partial charge on any atom is -0.341 e. The van der Waals surface area contributed by atoms with E-state index >= 15 is 0 Å². The van der Waals surface area contributed by atoms with E-state index in [0.717, 1.165) is 0 Å². The van der Waals surface area contributed by atoms with Crippen LogP contribution in [0.3, 0.4) is 0 Å². The maximum atomic E-state index is 12.1. The fourth-order valence-corrected chi connectivity index (χ4v) is 1.72. The van der Waals surface area contributed by atoms with Gasteiger partial charge < -0.3 is 10.7 Å². The fourth-order valence-electron chi connectivity index (χ4n) is 1.50. The summed E-state index contributed by atoms with van der Waals surface area (Å²) in [5.41, 5.74) is 5.92. The molecule has 102 valence electrons. The first-order valence-corrected chi connectivity index (χ1v) is 6.26. The van der Waals surface area contributed by atoms with E-state index in [1.807, 2.05) is 6.92 Å². The number of fused-ring (bicyclic) bond motifs is 1. The molecule has 0 aliphatic heterocycles. The third kappa shape index (κ3) is 2.52. The van der Waals surface area contributed by atoms with Crippen LogP contribution in [0.4, 0.5) is 5.95 Å². The van der Waals surface area contributed by atoms with Gasteiger partial charge in [0, 0.05) is 6.54 Å². The first-order valence-electron chi connectivity index (χ1n) is 5.88. The smallest absolute Gasteiger partial charge is 0.233 e. The van der Waals surface area contributed by atoms with E-state index in [1.54, 1.807) is 6.92 Å². The van der Waals surface area contributed by atoms with E-state index in [-0.39, 0.29) is 23.6 Å². The van der Waals surface area contributed by atoms with Crippen molar-refractivity contribution in [3.8, 4) is 0 Å². The van der Waals surface area contributed by atoms with Crippen LogP contribution in [0, 0.1) is 5.41 Å². The summed E-state index contributed by atoms with van der Waals surface area (Å²) in [5.74, 6) is -0.105. The van der Waals surface area contributed by atoms with Crippen LogP contribution in [0.1, 0.15) is 20.3 Å². The summed E-state index contributed by atoms with van der Waals surface area (Å²) < 4.78 is 0. The Morgan fingerprint density at radius 1 is 1.58 bits per heavy atom. The van der Waals surface area contributed by atoms with Crippen LogP contribution in [-0.2, 0) is 4.79 Å². The number of H-pyrrole nitrogens is 1. The van der Waals surface area contributed by atoms with E-state index in [1.165, 1.54) is 6.33 Å². The van der Waals surface area contributed by atoms with Crippen LogP contribution >= 0.6 is 11.6 Å². The van der Waals surface area contributed by atoms with Gasteiger partial charge in [0.05, 0.1) is 11.7 Å². The maximum absolute atomic E-state index is 12.1. The van der Waals surface area contributed by atoms with Gasteiger partial charge in [0.15, 0.2) is 10.8 Å². The Balaban J connectivity index is 2.28. The van der Waals surface area contributed by atoms with Gasteiger partial charge in [-0.05, 0) is 13.3 Å². The van der Waals surface area contributed by atoms with Crippen molar-refractivity contribution >= 4 is 34.6 Å². The molecule has 2 aromatic heterocycles. The van der Waals surface area contributed by atoms with Crippen molar-refractivity contribution in [3.63, 3.8) is 0 Å². The molecule has 8 heteroatoms. The molecule has 0 radical (unpaired) electrons. The number of nitrogens with zero attached hydrogens (tertiary/aromatic N) is 3. The monoisotopic (exact) mass is 282 g/mol. The molecule has 4 N–H and O–H groups in total. The molecule has 1 amide bonds. The highest BCUT2D eigenvalue weighted by Crippen LogP contribution is 2.23. The molecule has 0 spiro atoms. The molecule has 1 unspecified atom stereocenters. The van der Waals surface area contributed by atoms with Crippen molar-refractivity contribution in [3.05, 3.63) is 11.5 Å². The number of aromatic nitrogens is 4. The van der Waals surface area contributed by atoms with Crippen LogP contribution in [0.25, 0.3) is 11.2 Å². The van der Waals surface area contributed by atoms with Crippen LogP contribution in [-0.4, -0.2) is 32.4 Å². The van der Waals surface area contributed by atoms with Gasteiger partial charge in [-0.3, -0.25) is 10.1 Å². The number of hydrogen-bond donors (Lipinski definition) is 3. The molecular formula is C11H15ClN6O. The van der Waals surface area contributed by atoms with Crippen molar-refractivity contribution in [1.29, 1.82) is 0 Å². The maximum Gasteiger partial charge on any atom is 0.233 e. The first kappa shape index (κ1) is 13.7. The second kappa shape index (κ2) is 5.10. The van der Waals surface area contributed by atoms with Crippen molar-refractivity contribution in [2.75, 3.05) is 11.9 Å². The standard InChI is InChI=1S/C11H15ClN6O/c1-3-11(2,4-13)9(19)18-10-16-7(12)6-8(17-10)15-5-14-6/h5H,3-4,13H2,1-2H3,(H2,14,15,16,17,18,19). The fraction of sp³-hybridized carbons (Fsp3) is 0.455. The number of carbonyl (C=O) groups excluding carboxylic acids is 1. The second-order valence-electron chi connectivity index (χ2n) is 4.51. The lowest BCUT2D eigenvalue weighted by Gasteiger charge is -2.24. The van der Waals surface area contributed by atoms with Gasteiger partial charge in [-0.25, -0.2) is 4.98 Å². The predicted octanol–water partition coefficient (Wildman–Crippen LogP) is 1.32. The Labute approximate surface area is 115 Å². The Morgan fingerprint density at radius 2 is 2.32 bits per heavy atom. The summed E-state index contributed by atoms with van der Waals surface area (Å²) in [6.45, 7) is 3.93. The topological polar surface area (TPSA) is 110 Å². The molecule has 0 saturated carbocycles. The summed E-state index contributed by atoms with van der Waals surface area (Å²) in [4.78, 5) is 27.1. The molecular weight excluding hydrogens is 268 g/mol. The van der Waals surface area contributed by atoms with E-state index in [0.29, 0.717) is 17.6 Å². The Kier molecular flexibility index (Phi) is 3.68. The van der Waals surface area contributed by atoms with E-state index in [2.05, 4.69) is 25.3 Å². The van der Waals surface area contributed by atoms with Crippen LogP contribution in [0.2, 0.25) is 5.15 Å². The Morgan fingerprint density at radius 3 is 2.95 bits per heavy atom. The Bertz CT molecular complexity index is 606. The number of carbonyl (C=O) groups is 1. The molecule has 0 saturated heterocycles. The number of anilines is 1. The molecule has 0 aliphatic rings. The summed E-state index contributed by atoms with van der Waals surface area (Å²) in [5, 5.41) is 2.84. The number of imidazole rings is 1. The van der Waals surface area contributed by atoms with E-state index in [9.17, 15) is 4.79 Å². The normalized spacial score (nSPS) is 14.3. The molecule has 0 fully saturated rings. The molecule has 0 aromatic carbocycles.